The van der Waals surface area contributed by atoms with E-state index in [0.29, 0.717) is 5.82 Å². The summed E-state index contributed by atoms with van der Waals surface area (Å²) in [7, 11) is 0. The molecule has 0 radical (unpaired) electrons. The molecule has 0 saturated heterocycles. The molecule has 1 heterocycles. The van der Waals surface area contributed by atoms with Crippen LogP contribution in [-0.2, 0) is 0 Å². The highest BCUT2D eigenvalue weighted by atomic mass is 16.1. The van der Waals surface area contributed by atoms with Crippen molar-refractivity contribution in [1.29, 1.82) is 0 Å². The van der Waals surface area contributed by atoms with E-state index in [0.717, 1.165) is 5.69 Å². The lowest BCUT2D eigenvalue weighted by Crippen LogP contribution is -2.20. The first kappa shape index (κ1) is 9.89. The maximum atomic E-state index is 11.4. The lowest BCUT2D eigenvalue weighted by atomic mass is 10.1. The van der Waals surface area contributed by atoms with Crippen LogP contribution in [0, 0.1) is 0 Å². The van der Waals surface area contributed by atoms with E-state index >= 15 is 0 Å². The predicted octanol–water partition coefficient (Wildman–Crippen LogP) is 1.46. The van der Waals surface area contributed by atoms with Gasteiger partial charge in [0.2, 0.25) is 0 Å². The second-order valence-electron chi connectivity index (χ2n) is 3.85. The van der Waals surface area contributed by atoms with Crippen molar-refractivity contribution < 1.29 is 0 Å². The first-order valence-electron chi connectivity index (χ1n) is 4.55. The van der Waals surface area contributed by atoms with E-state index in [1.807, 2.05) is 27.7 Å². The van der Waals surface area contributed by atoms with Crippen molar-refractivity contribution in [3.05, 3.63) is 16.2 Å². The van der Waals surface area contributed by atoms with E-state index in [2.05, 4.69) is 4.98 Å². The van der Waals surface area contributed by atoms with Gasteiger partial charge in [-0.1, -0.05) is 13.8 Å². The van der Waals surface area contributed by atoms with E-state index in [1.165, 1.54) is 0 Å². The molecule has 0 spiro atoms. The van der Waals surface area contributed by atoms with E-state index in [4.69, 9.17) is 5.73 Å². The Morgan fingerprint density at radius 1 is 1.31 bits per heavy atom. The number of nitrogen functional groups attached to an aromatic ring is 1. The fraction of sp³-hybridized carbons (Fsp3) is 0.667. The standard InChI is InChI=1S/C9H17N3O/c1-5(2)7-8(10)12(6(3)4)9(13)11-7/h5-6H,10H2,1-4H3,(H,11,13). The molecule has 0 aromatic carbocycles. The van der Waals surface area contributed by atoms with Gasteiger partial charge in [-0.2, -0.15) is 0 Å². The molecule has 0 fully saturated rings. The monoisotopic (exact) mass is 183 g/mol. The molecule has 0 saturated carbocycles. The second kappa shape index (κ2) is 3.28. The van der Waals surface area contributed by atoms with Crippen molar-refractivity contribution in [3.8, 4) is 0 Å². The average Bonchev–Trinajstić information content (AvgIpc) is 2.26. The Kier molecular flexibility index (Phi) is 2.50. The fourth-order valence-corrected chi connectivity index (χ4v) is 1.43. The summed E-state index contributed by atoms with van der Waals surface area (Å²) in [6.07, 6.45) is 0. The summed E-state index contributed by atoms with van der Waals surface area (Å²) in [5, 5.41) is 0. The summed E-state index contributed by atoms with van der Waals surface area (Å²) in [5.41, 5.74) is 6.56. The van der Waals surface area contributed by atoms with Gasteiger partial charge < -0.3 is 10.7 Å². The molecule has 0 atom stereocenters. The van der Waals surface area contributed by atoms with Gasteiger partial charge in [-0.15, -0.1) is 0 Å². The minimum Gasteiger partial charge on any atom is -0.384 e. The van der Waals surface area contributed by atoms with Crippen molar-refractivity contribution in [2.24, 2.45) is 0 Å². The topological polar surface area (TPSA) is 63.8 Å². The highest BCUT2D eigenvalue weighted by Crippen LogP contribution is 2.19. The molecule has 0 aliphatic rings. The number of aromatic amines is 1. The van der Waals surface area contributed by atoms with Crippen molar-refractivity contribution in [3.63, 3.8) is 0 Å². The predicted molar refractivity (Wildman–Crippen MR) is 53.9 cm³/mol. The summed E-state index contributed by atoms with van der Waals surface area (Å²) >= 11 is 0. The van der Waals surface area contributed by atoms with E-state index < -0.39 is 0 Å². The van der Waals surface area contributed by atoms with Gasteiger partial charge in [0.05, 0.1) is 5.69 Å². The third-order valence-electron chi connectivity index (χ3n) is 2.09. The Bertz CT molecular complexity index is 346. The zero-order chi connectivity index (χ0) is 10.2. The Morgan fingerprint density at radius 2 is 1.85 bits per heavy atom. The van der Waals surface area contributed by atoms with Gasteiger partial charge in [-0.05, 0) is 19.8 Å². The SMILES string of the molecule is CC(C)c1[nH]c(=O)n(C(C)C)c1N. The first-order valence-corrected chi connectivity index (χ1v) is 4.55. The van der Waals surface area contributed by atoms with E-state index in [9.17, 15) is 4.79 Å². The number of nitrogens with two attached hydrogens (primary N) is 1. The number of rotatable bonds is 2. The van der Waals surface area contributed by atoms with Crippen LogP contribution in [0.5, 0.6) is 0 Å². The second-order valence-corrected chi connectivity index (χ2v) is 3.85. The molecule has 0 aliphatic heterocycles. The van der Waals surface area contributed by atoms with Crippen molar-refractivity contribution in [2.45, 2.75) is 39.7 Å². The summed E-state index contributed by atoms with van der Waals surface area (Å²) < 4.78 is 1.58. The minimum absolute atomic E-state index is 0.108. The molecule has 1 rings (SSSR count). The lowest BCUT2D eigenvalue weighted by molar-refractivity contribution is 0.588. The number of hydrogen-bond donors (Lipinski definition) is 2. The van der Waals surface area contributed by atoms with Crippen molar-refractivity contribution in [1.82, 2.24) is 9.55 Å². The van der Waals surface area contributed by atoms with Gasteiger partial charge in [0.25, 0.3) is 0 Å². The van der Waals surface area contributed by atoms with Gasteiger partial charge >= 0.3 is 5.69 Å². The van der Waals surface area contributed by atoms with Crippen LogP contribution in [-0.4, -0.2) is 9.55 Å². The van der Waals surface area contributed by atoms with Crippen molar-refractivity contribution in [2.75, 3.05) is 5.73 Å². The molecule has 1 aromatic heterocycles. The van der Waals surface area contributed by atoms with Crippen LogP contribution in [0.25, 0.3) is 0 Å². The Morgan fingerprint density at radius 3 is 2.08 bits per heavy atom. The Hall–Kier alpha value is -1.19. The third-order valence-corrected chi connectivity index (χ3v) is 2.09. The number of nitrogens with zero attached hydrogens (tertiary/aromatic N) is 1. The number of aromatic nitrogens is 2. The number of anilines is 1. The molecule has 74 valence electrons. The quantitative estimate of drug-likeness (QED) is 0.729. The van der Waals surface area contributed by atoms with Crippen LogP contribution < -0.4 is 11.4 Å². The minimum atomic E-state index is -0.115. The number of H-pyrrole nitrogens is 1. The zero-order valence-corrected chi connectivity index (χ0v) is 8.59. The van der Waals surface area contributed by atoms with Gasteiger partial charge in [-0.3, -0.25) is 4.57 Å². The molecule has 1 aromatic rings. The summed E-state index contributed by atoms with van der Waals surface area (Å²) in [6, 6.07) is 0.108. The molecular weight excluding hydrogens is 166 g/mol. The molecule has 0 aliphatic carbocycles. The summed E-state index contributed by atoms with van der Waals surface area (Å²) in [5.74, 6) is 0.822. The third kappa shape index (κ3) is 1.61. The molecule has 4 nitrogen and oxygen atoms in total. The summed E-state index contributed by atoms with van der Waals surface area (Å²) in [4.78, 5) is 14.2. The van der Waals surface area contributed by atoms with Crippen LogP contribution in [0.2, 0.25) is 0 Å². The number of nitrogens with one attached hydrogen (secondary N) is 1. The van der Waals surface area contributed by atoms with E-state index in [1.54, 1.807) is 4.57 Å². The molecule has 3 N–H and O–H groups in total. The molecule has 4 heteroatoms. The van der Waals surface area contributed by atoms with Crippen LogP contribution in [0.1, 0.15) is 45.3 Å². The highest BCUT2D eigenvalue weighted by Gasteiger charge is 2.14. The molecule has 0 unspecified atom stereocenters. The highest BCUT2D eigenvalue weighted by molar-refractivity contribution is 5.38. The fourth-order valence-electron chi connectivity index (χ4n) is 1.43. The van der Waals surface area contributed by atoms with Crippen molar-refractivity contribution >= 4 is 5.82 Å². The first-order chi connectivity index (χ1) is 5.95. The molecule has 0 amide bonds. The number of imidazole rings is 1. The van der Waals surface area contributed by atoms with Crippen LogP contribution in [0.15, 0.2) is 4.79 Å². The van der Waals surface area contributed by atoms with Crippen LogP contribution in [0.4, 0.5) is 5.82 Å². The van der Waals surface area contributed by atoms with Crippen LogP contribution >= 0.6 is 0 Å². The van der Waals surface area contributed by atoms with Gasteiger partial charge in [0.15, 0.2) is 0 Å². The van der Waals surface area contributed by atoms with Gasteiger partial charge in [0, 0.05) is 6.04 Å². The largest absolute Gasteiger partial charge is 0.384 e. The number of hydrogen-bond acceptors (Lipinski definition) is 2. The lowest BCUT2D eigenvalue weighted by Gasteiger charge is -2.09. The normalized spacial score (nSPS) is 11.5. The smallest absolute Gasteiger partial charge is 0.327 e. The van der Waals surface area contributed by atoms with Gasteiger partial charge in [0.1, 0.15) is 5.82 Å². The Balaban J connectivity index is 3.31. The van der Waals surface area contributed by atoms with E-state index in [-0.39, 0.29) is 17.6 Å². The maximum Gasteiger partial charge on any atom is 0.327 e. The molecule has 0 bridgehead atoms. The molecular formula is C9H17N3O. The molecule has 13 heavy (non-hydrogen) atoms. The zero-order valence-electron chi connectivity index (χ0n) is 8.59. The average molecular weight is 183 g/mol. The maximum absolute atomic E-state index is 11.4. The Labute approximate surface area is 77.8 Å². The van der Waals surface area contributed by atoms with Crippen LogP contribution in [0.3, 0.4) is 0 Å². The summed E-state index contributed by atoms with van der Waals surface area (Å²) in [6.45, 7) is 7.89. The van der Waals surface area contributed by atoms with Gasteiger partial charge in [-0.25, -0.2) is 4.79 Å².